The number of benzene rings is 2. The van der Waals surface area contributed by atoms with Crippen molar-refractivity contribution in [3.63, 3.8) is 0 Å². The lowest BCUT2D eigenvalue weighted by Gasteiger charge is -2.36. The van der Waals surface area contributed by atoms with Crippen molar-refractivity contribution >= 4 is 46.6 Å². The highest BCUT2D eigenvalue weighted by atomic mass is 35.5. The molecule has 0 spiro atoms. The molecular weight excluding hydrogens is 401 g/mol. The van der Waals surface area contributed by atoms with Gasteiger partial charge in [0.25, 0.3) is 0 Å². The van der Waals surface area contributed by atoms with Gasteiger partial charge in [-0.15, -0.1) is 11.8 Å². The summed E-state index contributed by atoms with van der Waals surface area (Å²) in [5, 5.41) is 3.21. The molecule has 0 radical (unpaired) electrons. The Morgan fingerprint density at radius 3 is 2.50 bits per heavy atom. The zero-order valence-electron chi connectivity index (χ0n) is 15.2. The molecule has 148 valence electrons. The van der Waals surface area contributed by atoms with Gasteiger partial charge in [-0.05, 0) is 30.3 Å². The van der Waals surface area contributed by atoms with Crippen molar-refractivity contribution in [3.8, 4) is 0 Å². The summed E-state index contributed by atoms with van der Waals surface area (Å²) >= 11 is 7.27. The summed E-state index contributed by atoms with van der Waals surface area (Å²) in [7, 11) is 0. The molecule has 1 heterocycles. The van der Waals surface area contributed by atoms with Crippen molar-refractivity contribution in [1.29, 1.82) is 0 Å². The molecule has 3 rings (SSSR count). The number of carbonyl (C=O) groups excluding carboxylic acids is 2. The average molecular weight is 422 g/mol. The smallest absolute Gasteiger partial charge is 0.234 e. The maximum atomic E-state index is 13.5. The number of hydrogen-bond acceptors (Lipinski definition) is 4. The molecule has 8 heteroatoms. The first-order valence-corrected chi connectivity index (χ1v) is 10.5. The Morgan fingerprint density at radius 1 is 1.04 bits per heavy atom. The van der Waals surface area contributed by atoms with E-state index in [-0.39, 0.29) is 29.0 Å². The quantitative estimate of drug-likeness (QED) is 0.775. The molecule has 1 aliphatic heterocycles. The molecule has 0 aliphatic carbocycles. The van der Waals surface area contributed by atoms with Gasteiger partial charge in [-0.1, -0.05) is 29.8 Å². The van der Waals surface area contributed by atoms with Crippen molar-refractivity contribution < 1.29 is 14.0 Å². The molecular formula is C20H21ClFN3O2S. The van der Waals surface area contributed by atoms with Crippen molar-refractivity contribution in [2.45, 2.75) is 0 Å². The van der Waals surface area contributed by atoms with Gasteiger partial charge in [0.05, 0.1) is 17.2 Å². The number of piperazine rings is 1. The number of halogens is 2. The van der Waals surface area contributed by atoms with Gasteiger partial charge in [-0.25, -0.2) is 4.39 Å². The first kappa shape index (κ1) is 20.5. The van der Waals surface area contributed by atoms with E-state index >= 15 is 0 Å². The summed E-state index contributed by atoms with van der Waals surface area (Å²) in [4.78, 5) is 28.3. The third-order valence-corrected chi connectivity index (χ3v) is 5.56. The molecule has 0 unspecified atom stereocenters. The van der Waals surface area contributed by atoms with E-state index in [1.165, 1.54) is 23.9 Å². The molecule has 0 atom stereocenters. The monoisotopic (exact) mass is 421 g/mol. The van der Waals surface area contributed by atoms with Crippen molar-refractivity contribution in [1.82, 2.24) is 4.90 Å². The minimum atomic E-state index is -0.477. The van der Waals surface area contributed by atoms with Crippen LogP contribution >= 0.6 is 23.4 Å². The lowest BCUT2D eigenvalue weighted by atomic mass is 10.2. The molecule has 0 aromatic heterocycles. The number of nitrogens with zero attached hydrogens (tertiary/aromatic N) is 2. The number of hydrogen-bond donors (Lipinski definition) is 1. The number of amides is 2. The van der Waals surface area contributed by atoms with E-state index in [2.05, 4.69) is 10.2 Å². The lowest BCUT2D eigenvalue weighted by molar-refractivity contribution is -0.128. The van der Waals surface area contributed by atoms with Crippen molar-refractivity contribution in [2.75, 3.05) is 47.9 Å². The SMILES string of the molecule is O=C(CSCC(=O)N1CCN(c2cccc(Cl)c2)CC1)Nc1ccccc1F. The number of anilines is 2. The number of nitrogens with one attached hydrogen (secondary N) is 1. The van der Waals surface area contributed by atoms with Crippen LogP contribution in [0.3, 0.4) is 0 Å². The Labute approximate surface area is 172 Å². The Kier molecular flexibility index (Phi) is 7.17. The van der Waals surface area contributed by atoms with Crippen LogP contribution in [0.4, 0.5) is 15.8 Å². The van der Waals surface area contributed by atoms with Crippen LogP contribution in [0.25, 0.3) is 0 Å². The molecule has 1 saturated heterocycles. The normalized spacial score (nSPS) is 14.1. The fourth-order valence-electron chi connectivity index (χ4n) is 2.96. The van der Waals surface area contributed by atoms with E-state index in [9.17, 15) is 14.0 Å². The largest absolute Gasteiger partial charge is 0.368 e. The van der Waals surface area contributed by atoms with Crippen LogP contribution in [0.2, 0.25) is 5.02 Å². The first-order valence-electron chi connectivity index (χ1n) is 8.93. The molecule has 0 saturated carbocycles. The molecule has 0 bridgehead atoms. The molecule has 2 amide bonds. The van der Waals surface area contributed by atoms with E-state index in [4.69, 9.17) is 11.6 Å². The van der Waals surface area contributed by atoms with Gasteiger partial charge >= 0.3 is 0 Å². The van der Waals surface area contributed by atoms with E-state index in [1.54, 1.807) is 12.1 Å². The van der Waals surface area contributed by atoms with Gasteiger partial charge < -0.3 is 15.1 Å². The highest BCUT2D eigenvalue weighted by Gasteiger charge is 2.21. The molecule has 2 aromatic rings. The van der Waals surface area contributed by atoms with E-state index < -0.39 is 5.82 Å². The van der Waals surface area contributed by atoms with Gasteiger partial charge in [0.15, 0.2) is 0 Å². The standard InChI is InChI=1S/C20H21ClFN3O2S/c21-15-4-3-5-16(12-15)24-8-10-25(11-9-24)20(27)14-28-13-19(26)23-18-7-2-1-6-17(18)22/h1-7,12H,8-11,13-14H2,(H,23,26). The molecule has 28 heavy (non-hydrogen) atoms. The van der Waals surface area contributed by atoms with Gasteiger partial charge in [-0.3, -0.25) is 9.59 Å². The van der Waals surface area contributed by atoms with Crippen LogP contribution < -0.4 is 10.2 Å². The Hall–Kier alpha value is -2.25. The van der Waals surface area contributed by atoms with E-state index in [1.807, 2.05) is 29.2 Å². The number of carbonyl (C=O) groups is 2. The van der Waals surface area contributed by atoms with Gasteiger partial charge in [0, 0.05) is 36.9 Å². The van der Waals surface area contributed by atoms with Gasteiger partial charge in [0.2, 0.25) is 11.8 Å². The number of thioether (sulfide) groups is 1. The maximum Gasteiger partial charge on any atom is 0.234 e. The van der Waals surface area contributed by atoms with Crippen LogP contribution in [0.5, 0.6) is 0 Å². The Bertz CT molecular complexity index is 844. The Balaban J connectivity index is 1.39. The minimum Gasteiger partial charge on any atom is -0.368 e. The Morgan fingerprint density at radius 2 is 1.79 bits per heavy atom. The summed E-state index contributed by atoms with van der Waals surface area (Å²) in [6, 6.07) is 13.7. The fourth-order valence-corrected chi connectivity index (χ4v) is 3.86. The second-order valence-electron chi connectivity index (χ2n) is 6.37. The summed E-state index contributed by atoms with van der Waals surface area (Å²) < 4.78 is 13.5. The van der Waals surface area contributed by atoms with Gasteiger partial charge in [0.1, 0.15) is 5.82 Å². The summed E-state index contributed by atoms with van der Waals surface area (Å²) in [5.41, 5.74) is 1.20. The summed E-state index contributed by atoms with van der Waals surface area (Å²) in [6.07, 6.45) is 0. The molecule has 1 aliphatic rings. The first-order chi connectivity index (χ1) is 13.5. The van der Waals surface area contributed by atoms with Crippen LogP contribution in [0.1, 0.15) is 0 Å². The second-order valence-corrected chi connectivity index (χ2v) is 7.79. The molecule has 1 N–H and O–H groups in total. The van der Waals surface area contributed by atoms with Crippen molar-refractivity contribution in [2.24, 2.45) is 0 Å². The minimum absolute atomic E-state index is 0.00874. The van der Waals surface area contributed by atoms with Crippen LogP contribution in [0.15, 0.2) is 48.5 Å². The highest BCUT2D eigenvalue weighted by Crippen LogP contribution is 2.21. The average Bonchev–Trinajstić information content (AvgIpc) is 2.70. The third kappa shape index (κ3) is 5.62. The summed E-state index contributed by atoms with van der Waals surface area (Å²) in [5.74, 6) is -0.470. The van der Waals surface area contributed by atoms with E-state index in [0.717, 1.165) is 18.8 Å². The molecule has 2 aromatic carbocycles. The molecule has 5 nitrogen and oxygen atoms in total. The van der Waals surface area contributed by atoms with E-state index in [0.29, 0.717) is 18.1 Å². The molecule has 1 fully saturated rings. The topological polar surface area (TPSA) is 52.7 Å². The van der Waals surface area contributed by atoms with Crippen molar-refractivity contribution in [3.05, 3.63) is 59.4 Å². The fraction of sp³-hybridized carbons (Fsp3) is 0.300. The number of rotatable bonds is 6. The van der Waals surface area contributed by atoms with Gasteiger partial charge in [-0.2, -0.15) is 0 Å². The zero-order valence-corrected chi connectivity index (χ0v) is 16.8. The highest BCUT2D eigenvalue weighted by molar-refractivity contribution is 8.00. The second kappa shape index (κ2) is 9.80. The summed E-state index contributed by atoms with van der Waals surface area (Å²) in [6.45, 7) is 2.75. The third-order valence-electron chi connectivity index (χ3n) is 4.41. The predicted octanol–water partition coefficient (Wildman–Crippen LogP) is 3.50. The maximum absolute atomic E-state index is 13.5. The van der Waals surface area contributed by atoms with Crippen LogP contribution in [-0.4, -0.2) is 54.4 Å². The van der Waals surface area contributed by atoms with Crippen LogP contribution in [-0.2, 0) is 9.59 Å². The predicted molar refractivity (Wildman–Crippen MR) is 113 cm³/mol. The number of para-hydroxylation sites is 1. The lowest BCUT2D eigenvalue weighted by Crippen LogP contribution is -2.49. The van der Waals surface area contributed by atoms with Crippen LogP contribution in [0, 0.1) is 5.82 Å². The zero-order chi connectivity index (χ0) is 19.9.